The number of aliphatic hydroxyl groups excluding tert-OH is 1. The second-order valence-electron chi connectivity index (χ2n) is 3.36. The van der Waals surface area contributed by atoms with Crippen molar-refractivity contribution in [1.82, 2.24) is 0 Å². The lowest BCUT2D eigenvalue weighted by Gasteiger charge is -2.19. The van der Waals surface area contributed by atoms with E-state index in [9.17, 15) is 4.79 Å². The third kappa shape index (κ3) is 7.50. The van der Waals surface area contributed by atoms with Crippen molar-refractivity contribution in [2.45, 2.75) is 26.4 Å². The van der Waals surface area contributed by atoms with Crippen LogP contribution in [-0.2, 0) is 14.3 Å². The van der Waals surface area contributed by atoms with Crippen molar-refractivity contribution in [1.29, 1.82) is 0 Å². The SMILES string of the molecule is CC(C)(C)OC(=O)COCCO. The quantitative estimate of drug-likeness (QED) is 0.495. The number of rotatable bonds is 4. The van der Waals surface area contributed by atoms with Crippen LogP contribution in [0.4, 0.5) is 0 Å². The molecule has 0 unspecified atom stereocenters. The second-order valence-corrected chi connectivity index (χ2v) is 3.36. The molecule has 0 fully saturated rings. The maximum absolute atomic E-state index is 10.9. The Morgan fingerprint density at radius 3 is 2.42 bits per heavy atom. The zero-order chi connectivity index (χ0) is 9.61. The van der Waals surface area contributed by atoms with Crippen LogP contribution in [0, 0.1) is 0 Å². The molecule has 1 N–H and O–H groups in total. The number of aliphatic hydroxyl groups is 1. The Morgan fingerprint density at radius 2 is 2.00 bits per heavy atom. The van der Waals surface area contributed by atoms with Gasteiger partial charge in [-0.2, -0.15) is 0 Å². The van der Waals surface area contributed by atoms with Crippen LogP contribution in [0.1, 0.15) is 20.8 Å². The minimum absolute atomic E-state index is 0.0806. The summed E-state index contributed by atoms with van der Waals surface area (Å²) in [5, 5.41) is 8.33. The van der Waals surface area contributed by atoms with Gasteiger partial charge in [0.1, 0.15) is 12.2 Å². The number of esters is 1. The van der Waals surface area contributed by atoms with Gasteiger partial charge in [0, 0.05) is 0 Å². The summed E-state index contributed by atoms with van der Waals surface area (Å²) in [6, 6.07) is 0. The molecule has 0 aliphatic rings. The molecule has 0 spiro atoms. The molecule has 0 rings (SSSR count). The zero-order valence-electron chi connectivity index (χ0n) is 7.79. The normalized spacial score (nSPS) is 11.3. The summed E-state index contributed by atoms with van der Waals surface area (Å²) in [7, 11) is 0. The largest absolute Gasteiger partial charge is 0.458 e. The highest BCUT2D eigenvalue weighted by molar-refractivity contribution is 5.71. The molecular formula is C8H16O4. The van der Waals surface area contributed by atoms with Crippen LogP contribution in [0.25, 0.3) is 0 Å². The number of carbonyl (C=O) groups is 1. The summed E-state index contributed by atoms with van der Waals surface area (Å²) >= 11 is 0. The summed E-state index contributed by atoms with van der Waals surface area (Å²) in [5.74, 6) is -0.407. The molecule has 0 aliphatic carbocycles. The molecule has 0 heterocycles. The van der Waals surface area contributed by atoms with Gasteiger partial charge in [0.15, 0.2) is 0 Å². The number of hydrogen-bond acceptors (Lipinski definition) is 4. The molecule has 0 radical (unpaired) electrons. The van der Waals surface area contributed by atoms with Crippen molar-refractivity contribution in [3.05, 3.63) is 0 Å². The van der Waals surface area contributed by atoms with E-state index in [4.69, 9.17) is 14.6 Å². The second kappa shape index (κ2) is 5.11. The fourth-order valence-electron chi connectivity index (χ4n) is 0.591. The minimum Gasteiger partial charge on any atom is -0.458 e. The van der Waals surface area contributed by atoms with E-state index in [1.165, 1.54) is 0 Å². The van der Waals surface area contributed by atoms with Crippen LogP contribution < -0.4 is 0 Å². The van der Waals surface area contributed by atoms with Gasteiger partial charge in [0.2, 0.25) is 0 Å². The van der Waals surface area contributed by atoms with E-state index in [1.54, 1.807) is 20.8 Å². The first kappa shape index (κ1) is 11.4. The molecule has 0 aromatic carbocycles. The Bertz CT molecular complexity index is 136. The van der Waals surface area contributed by atoms with Gasteiger partial charge in [-0.1, -0.05) is 0 Å². The van der Waals surface area contributed by atoms with E-state index in [1.807, 2.05) is 0 Å². The molecule has 12 heavy (non-hydrogen) atoms. The lowest BCUT2D eigenvalue weighted by Crippen LogP contribution is -2.26. The van der Waals surface area contributed by atoms with Crippen LogP contribution in [-0.4, -0.2) is 36.5 Å². The van der Waals surface area contributed by atoms with E-state index in [0.29, 0.717) is 0 Å². The van der Waals surface area contributed by atoms with Gasteiger partial charge in [-0.3, -0.25) is 0 Å². The molecule has 0 aliphatic heterocycles. The predicted octanol–water partition coefficient (Wildman–Crippen LogP) is 0.337. The third-order valence-corrected chi connectivity index (χ3v) is 0.876. The zero-order valence-corrected chi connectivity index (χ0v) is 7.79. The molecule has 4 heteroatoms. The number of hydrogen-bond donors (Lipinski definition) is 1. The molecule has 0 aromatic heterocycles. The average molecular weight is 176 g/mol. The van der Waals surface area contributed by atoms with E-state index in [2.05, 4.69) is 0 Å². The van der Waals surface area contributed by atoms with E-state index in [0.717, 1.165) is 0 Å². The van der Waals surface area contributed by atoms with E-state index in [-0.39, 0.29) is 19.8 Å². The topological polar surface area (TPSA) is 55.8 Å². The first-order valence-corrected chi connectivity index (χ1v) is 3.86. The van der Waals surface area contributed by atoms with Crippen molar-refractivity contribution >= 4 is 5.97 Å². The Kier molecular flexibility index (Phi) is 4.85. The molecule has 0 atom stereocenters. The summed E-state index contributed by atoms with van der Waals surface area (Å²) in [5.41, 5.74) is -0.473. The third-order valence-electron chi connectivity index (χ3n) is 0.876. The molecule has 0 amide bonds. The molecule has 72 valence electrons. The van der Waals surface area contributed by atoms with Gasteiger partial charge in [-0.25, -0.2) is 4.79 Å². The monoisotopic (exact) mass is 176 g/mol. The lowest BCUT2D eigenvalue weighted by atomic mass is 10.2. The first-order valence-electron chi connectivity index (χ1n) is 3.86. The molecule has 0 bridgehead atoms. The minimum atomic E-state index is -0.473. The standard InChI is InChI=1S/C8H16O4/c1-8(2,3)12-7(10)6-11-5-4-9/h9H,4-6H2,1-3H3. The van der Waals surface area contributed by atoms with Crippen molar-refractivity contribution < 1.29 is 19.4 Å². The highest BCUT2D eigenvalue weighted by Crippen LogP contribution is 2.06. The van der Waals surface area contributed by atoms with Crippen LogP contribution in [0.3, 0.4) is 0 Å². The van der Waals surface area contributed by atoms with E-state index < -0.39 is 11.6 Å². The van der Waals surface area contributed by atoms with Crippen LogP contribution in [0.5, 0.6) is 0 Å². The summed E-state index contributed by atoms with van der Waals surface area (Å²) < 4.78 is 9.70. The van der Waals surface area contributed by atoms with Crippen molar-refractivity contribution in [2.75, 3.05) is 19.8 Å². The molecule has 4 nitrogen and oxygen atoms in total. The summed E-state index contributed by atoms with van der Waals surface area (Å²) in [6.45, 7) is 5.35. The van der Waals surface area contributed by atoms with Crippen LogP contribution in [0.2, 0.25) is 0 Å². The molecule has 0 saturated heterocycles. The summed E-state index contributed by atoms with van der Waals surface area (Å²) in [4.78, 5) is 10.9. The van der Waals surface area contributed by atoms with E-state index >= 15 is 0 Å². The fourth-order valence-corrected chi connectivity index (χ4v) is 0.591. The highest BCUT2D eigenvalue weighted by atomic mass is 16.6. The molecule has 0 saturated carbocycles. The van der Waals surface area contributed by atoms with Crippen LogP contribution >= 0.6 is 0 Å². The van der Waals surface area contributed by atoms with Crippen molar-refractivity contribution in [3.63, 3.8) is 0 Å². The Morgan fingerprint density at radius 1 is 1.42 bits per heavy atom. The van der Waals surface area contributed by atoms with Gasteiger partial charge in [0.25, 0.3) is 0 Å². The smallest absolute Gasteiger partial charge is 0.332 e. The molecular weight excluding hydrogens is 160 g/mol. The Balaban J connectivity index is 3.47. The first-order chi connectivity index (χ1) is 5.45. The summed E-state index contributed by atoms with van der Waals surface area (Å²) in [6.07, 6.45) is 0. The van der Waals surface area contributed by atoms with Gasteiger partial charge in [0.05, 0.1) is 13.2 Å². The van der Waals surface area contributed by atoms with Gasteiger partial charge in [-0.05, 0) is 20.8 Å². The molecule has 0 aromatic rings. The number of carbonyl (C=O) groups excluding carboxylic acids is 1. The lowest BCUT2D eigenvalue weighted by molar-refractivity contribution is -0.160. The fraction of sp³-hybridized carbons (Fsp3) is 0.875. The van der Waals surface area contributed by atoms with Crippen molar-refractivity contribution in [3.8, 4) is 0 Å². The Hall–Kier alpha value is -0.610. The van der Waals surface area contributed by atoms with Gasteiger partial charge in [-0.15, -0.1) is 0 Å². The van der Waals surface area contributed by atoms with Gasteiger partial charge >= 0.3 is 5.97 Å². The predicted molar refractivity (Wildman–Crippen MR) is 43.7 cm³/mol. The average Bonchev–Trinajstić information content (AvgIpc) is 1.84. The number of ether oxygens (including phenoxy) is 2. The maximum Gasteiger partial charge on any atom is 0.332 e. The maximum atomic E-state index is 10.9. The Labute approximate surface area is 72.5 Å². The highest BCUT2D eigenvalue weighted by Gasteiger charge is 2.15. The van der Waals surface area contributed by atoms with Gasteiger partial charge < -0.3 is 14.6 Å². The van der Waals surface area contributed by atoms with Crippen molar-refractivity contribution in [2.24, 2.45) is 0 Å². The van der Waals surface area contributed by atoms with Crippen LogP contribution in [0.15, 0.2) is 0 Å².